The van der Waals surface area contributed by atoms with Gasteiger partial charge in [0.1, 0.15) is 11.6 Å². The largest absolute Gasteiger partial charge is 0.382 e. The molecule has 1 saturated heterocycles. The highest BCUT2D eigenvalue weighted by atomic mass is 19.1. The zero-order chi connectivity index (χ0) is 24.6. The van der Waals surface area contributed by atoms with Gasteiger partial charge in [0.2, 0.25) is 0 Å². The number of hydrogen-bond acceptors (Lipinski definition) is 5. The van der Waals surface area contributed by atoms with Gasteiger partial charge in [-0.05, 0) is 50.2 Å². The standard InChI is InChI=1S/C21H23FN6/c1-13-5-6-18-16(10-15(22)11-23-18)19-4-3-8-27(19)20-7-9-28-21(26-20)17(12-24-28)14(2)25-13/h7,9-13,19,25H,2-6,8H2,1H3/t13-,19+/m1/s1/i3D2,5D2,6D2. The van der Waals surface area contributed by atoms with E-state index >= 15 is 0 Å². The topological polar surface area (TPSA) is 58.4 Å². The number of nitrogens with one attached hydrogen (secondary N) is 1. The van der Waals surface area contributed by atoms with Crippen molar-refractivity contribution in [3.63, 3.8) is 0 Å². The molecule has 2 aliphatic heterocycles. The van der Waals surface area contributed by atoms with Crippen LogP contribution in [0, 0.1) is 5.82 Å². The molecule has 0 aromatic carbocycles. The zero-order valence-electron chi connectivity index (χ0n) is 21.3. The maximum absolute atomic E-state index is 14.4. The molecule has 2 atom stereocenters. The lowest BCUT2D eigenvalue weighted by molar-refractivity contribution is 0.575. The van der Waals surface area contributed by atoms with Crippen molar-refractivity contribution in [1.82, 2.24) is 24.9 Å². The van der Waals surface area contributed by atoms with Gasteiger partial charge >= 0.3 is 0 Å². The normalized spacial score (nSPS) is 30.8. The second-order valence-corrected chi connectivity index (χ2v) is 6.92. The van der Waals surface area contributed by atoms with Crippen LogP contribution >= 0.6 is 0 Å². The Labute approximate surface area is 171 Å². The summed E-state index contributed by atoms with van der Waals surface area (Å²) in [5.41, 5.74) is 1.07. The second-order valence-electron chi connectivity index (χ2n) is 6.92. The zero-order valence-corrected chi connectivity index (χ0v) is 15.3. The number of nitrogens with zero attached hydrogens (tertiary/aromatic N) is 5. The van der Waals surface area contributed by atoms with E-state index in [9.17, 15) is 4.39 Å². The van der Waals surface area contributed by atoms with Gasteiger partial charge in [-0.25, -0.2) is 13.9 Å². The Bertz CT molecular complexity index is 1310. The van der Waals surface area contributed by atoms with Crippen LogP contribution in [-0.2, 0) is 6.37 Å². The highest BCUT2D eigenvalue weighted by molar-refractivity contribution is 5.74. The number of halogens is 1. The predicted octanol–water partition coefficient (Wildman–Crippen LogP) is 3.50. The third-order valence-corrected chi connectivity index (χ3v) is 5.01. The molecule has 7 heteroatoms. The van der Waals surface area contributed by atoms with Crippen LogP contribution in [0.25, 0.3) is 11.3 Å². The van der Waals surface area contributed by atoms with Crippen molar-refractivity contribution in [2.75, 3.05) is 11.4 Å². The summed E-state index contributed by atoms with van der Waals surface area (Å²) in [4.78, 5) is 10.4. The molecule has 2 aliphatic rings. The fourth-order valence-electron chi connectivity index (χ4n) is 3.66. The van der Waals surface area contributed by atoms with E-state index in [0.29, 0.717) is 22.7 Å². The SMILES string of the molecule is [2H]C1([2H])C[C@H]2c3cc(F)cnc3C([2H])([2H])C([2H])([2H])[C@@H](C)NC(=C)c3cnn4ccc(nc34)N2C1. The molecule has 144 valence electrons. The molecule has 2 bridgehead atoms. The highest BCUT2D eigenvalue weighted by Crippen LogP contribution is 2.37. The average molecular weight is 384 g/mol. The molecular formula is C21H23FN6. The van der Waals surface area contributed by atoms with Crippen LogP contribution in [0.1, 0.15) is 57.2 Å². The Balaban J connectivity index is 1.82. The van der Waals surface area contributed by atoms with Gasteiger partial charge in [-0.3, -0.25) is 4.98 Å². The maximum atomic E-state index is 14.4. The van der Waals surface area contributed by atoms with Crippen LogP contribution in [0.5, 0.6) is 0 Å². The van der Waals surface area contributed by atoms with Gasteiger partial charge in [0.05, 0.1) is 24.0 Å². The van der Waals surface area contributed by atoms with Gasteiger partial charge in [-0.1, -0.05) is 6.58 Å². The van der Waals surface area contributed by atoms with Crippen molar-refractivity contribution < 1.29 is 12.6 Å². The van der Waals surface area contributed by atoms with E-state index in [2.05, 4.69) is 27.0 Å². The first kappa shape index (κ1) is 11.8. The molecule has 0 saturated carbocycles. The molecule has 5 rings (SSSR count). The van der Waals surface area contributed by atoms with Crippen molar-refractivity contribution in [3.05, 3.63) is 59.9 Å². The Kier molecular flexibility index (Phi) is 2.77. The summed E-state index contributed by atoms with van der Waals surface area (Å²) in [7, 11) is 0. The first-order chi connectivity index (χ1) is 15.8. The van der Waals surface area contributed by atoms with Crippen LogP contribution in [0.15, 0.2) is 37.3 Å². The van der Waals surface area contributed by atoms with Crippen molar-refractivity contribution in [3.8, 4) is 0 Å². The number of aryl methyl sites for hydroxylation is 1. The number of aromatic nitrogens is 4. The summed E-state index contributed by atoms with van der Waals surface area (Å²) in [6.45, 7) is 5.43. The minimum absolute atomic E-state index is 0.0637. The molecule has 3 aromatic heterocycles. The van der Waals surface area contributed by atoms with E-state index in [1.165, 1.54) is 17.6 Å². The minimum atomic E-state index is -2.65. The minimum Gasteiger partial charge on any atom is -0.382 e. The lowest BCUT2D eigenvalue weighted by Crippen LogP contribution is -2.26. The predicted molar refractivity (Wildman–Crippen MR) is 106 cm³/mol. The fraction of sp³-hybridized carbons (Fsp3) is 0.381. The Hall–Kier alpha value is -2.96. The number of fused-ring (bicyclic) bond motifs is 5. The van der Waals surface area contributed by atoms with Crippen molar-refractivity contribution in [2.45, 2.75) is 44.5 Å². The van der Waals surface area contributed by atoms with Crippen molar-refractivity contribution in [2.24, 2.45) is 0 Å². The van der Waals surface area contributed by atoms with E-state index < -0.39 is 37.0 Å². The van der Waals surface area contributed by atoms with Crippen molar-refractivity contribution in [1.29, 1.82) is 0 Å². The summed E-state index contributed by atoms with van der Waals surface area (Å²) in [6.07, 6.45) is -2.84. The summed E-state index contributed by atoms with van der Waals surface area (Å²) < 4.78 is 67.8. The van der Waals surface area contributed by atoms with Crippen LogP contribution in [0.3, 0.4) is 0 Å². The van der Waals surface area contributed by atoms with Gasteiger partial charge in [0.25, 0.3) is 0 Å². The number of anilines is 1. The lowest BCUT2D eigenvalue weighted by Gasteiger charge is -2.27. The van der Waals surface area contributed by atoms with Gasteiger partial charge in [-0.2, -0.15) is 5.10 Å². The monoisotopic (exact) mass is 384 g/mol. The third kappa shape index (κ3) is 2.82. The highest BCUT2D eigenvalue weighted by Gasteiger charge is 2.30. The molecule has 5 heterocycles. The smallest absolute Gasteiger partial charge is 0.166 e. The van der Waals surface area contributed by atoms with Crippen LogP contribution in [-0.4, -0.2) is 32.2 Å². The Morgan fingerprint density at radius 2 is 2.29 bits per heavy atom. The molecule has 1 fully saturated rings. The van der Waals surface area contributed by atoms with Crippen LogP contribution in [0.2, 0.25) is 0 Å². The molecule has 28 heavy (non-hydrogen) atoms. The van der Waals surface area contributed by atoms with Gasteiger partial charge in [0, 0.05) is 38.4 Å². The molecular weight excluding hydrogens is 355 g/mol. The van der Waals surface area contributed by atoms with Crippen LogP contribution < -0.4 is 10.2 Å². The fourth-order valence-corrected chi connectivity index (χ4v) is 3.66. The number of pyridine rings is 1. The van der Waals surface area contributed by atoms with E-state index in [-0.39, 0.29) is 24.2 Å². The summed E-state index contributed by atoms with van der Waals surface area (Å²) in [5, 5.41) is 7.21. The summed E-state index contributed by atoms with van der Waals surface area (Å²) in [5.74, 6) is -0.313. The average Bonchev–Trinajstić information content (AvgIpc) is 3.32. The van der Waals surface area contributed by atoms with Crippen molar-refractivity contribution >= 4 is 17.2 Å². The first-order valence-electron chi connectivity index (χ1n) is 12.0. The maximum Gasteiger partial charge on any atom is 0.166 e. The summed E-state index contributed by atoms with van der Waals surface area (Å²) >= 11 is 0. The van der Waals surface area contributed by atoms with E-state index in [1.807, 2.05) is 0 Å². The molecule has 0 unspecified atom stereocenters. The van der Waals surface area contributed by atoms with E-state index in [0.717, 1.165) is 12.3 Å². The summed E-state index contributed by atoms with van der Waals surface area (Å²) in [6, 6.07) is 0.901. The molecule has 6 nitrogen and oxygen atoms in total. The molecule has 0 radical (unpaired) electrons. The first-order valence-corrected chi connectivity index (χ1v) is 9.05. The quantitative estimate of drug-likeness (QED) is 0.643. The third-order valence-electron chi connectivity index (χ3n) is 5.01. The Morgan fingerprint density at radius 3 is 3.18 bits per heavy atom. The molecule has 0 spiro atoms. The lowest BCUT2D eigenvalue weighted by atomic mass is 9.98. The van der Waals surface area contributed by atoms with Crippen LogP contribution in [0.4, 0.5) is 10.2 Å². The second kappa shape index (κ2) is 6.58. The molecule has 0 aliphatic carbocycles. The van der Waals surface area contributed by atoms with Gasteiger partial charge in [-0.15, -0.1) is 0 Å². The Morgan fingerprint density at radius 1 is 1.39 bits per heavy atom. The molecule has 1 N–H and O–H groups in total. The van der Waals surface area contributed by atoms with Gasteiger partial charge in [0.15, 0.2) is 5.65 Å². The number of hydrogen-bond donors (Lipinski definition) is 1. The number of rotatable bonds is 0. The molecule has 3 aromatic rings. The van der Waals surface area contributed by atoms with E-state index in [4.69, 9.17) is 8.22 Å². The van der Waals surface area contributed by atoms with Gasteiger partial charge < -0.3 is 10.2 Å². The van der Waals surface area contributed by atoms with E-state index in [1.54, 1.807) is 17.2 Å². The molecule has 0 amide bonds.